The van der Waals surface area contributed by atoms with Gasteiger partial charge in [0.1, 0.15) is 6.04 Å². The average Bonchev–Trinajstić information content (AvgIpc) is 3.54. The minimum Gasteiger partial charge on any atom is -0.391 e. The smallest absolute Gasteiger partial charge is 0.108 e. The molecule has 2 heterocycles. The molecule has 0 aromatic rings. The normalized spacial score (nSPS) is 54.2. The van der Waals surface area contributed by atoms with Gasteiger partial charge in [-0.15, -0.1) is 0 Å². The summed E-state index contributed by atoms with van der Waals surface area (Å²) in [5, 5.41) is 15.2. The van der Waals surface area contributed by atoms with Crippen LogP contribution in [0.4, 0.5) is 0 Å². The summed E-state index contributed by atoms with van der Waals surface area (Å²) in [6, 6.07) is 0.767. The zero-order valence-electron chi connectivity index (χ0n) is 20.4. The Morgan fingerprint density at radius 3 is 2.12 bits per heavy atom. The van der Waals surface area contributed by atoms with E-state index in [0.717, 1.165) is 31.3 Å². The van der Waals surface area contributed by atoms with Crippen molar-refractivity contribution in [1.82, 2.24) is 9.80 Å². The first-order valence-electron chi connectivity index (χ1n) is 13.9. The average molecular weight is 444 g/mol. The summed E-state index contributed by atoms with van der Waals surface area (Å²) in [7, 11) is 0. The molecule has 6 rings (SSSR count). The van der Waals surface area contributed by atoms with Gasteiger partial charge in [-0.05, 0) is 131 Å². The SMILES string of the molecule is C[C@]12C[C@H](N3CCCC3)[C@@H](N=O)CC1CCC1C2CC[C@@]2(C)C1C[C@H](N1CCCC1)[C@@H]2O. The van der Waals surface area contributed by atoms with Gasteiger partial charge in [-0.3, -0.25) is 9.80 Å². The molecule has 2 saturated heterocycles. The lowest BCUT2D eigenvalue weighted by Gasteiger charge is -2.62. The molecule has 4 unspecified atom stereocenters. The molecule has 1 N–H and O–H groups in total. The van der Waals surface area contributed by atoms with Gasteiger partial charge in [0.05, 0.1) is 6.10 Å². The van der Waals surface area contributed by atoms with E-state index >= 15 is 0 Å². The number of fused-ring (bicyclic) bond motifs is 5. The van der Waals surface area contributed by atoms with Crippen LogP contribution in [0.2, 0.25) is 0 Å². The van der Waals surface area contributed by atoms with Crippen molar-refractivity contribution in [2.75, 3.05) is 26.2 Å². The molecule has 0 spiro atoms. The van der Waals surface area contributed by atoms with E-state index in [1.807, 2.05) is 0 Å². The van der Waals surface area contributed by atoms with Crippen LogP contribution in [0.5, 0.6) is 0 Å². The Morgan fingerprint density at radius 2 is 1.47 bits per heavy atom. The third kappa shape index (κ3) is 3.12. The van der Waals surface area contributed by atoms with Crippen LogP contribution in [0.3, 0.4) is 0 Å². The van der Waals surface area contributed by atoms with Crippen LogP contribution >= 0.6 is 0 Å². The minimum absolute atomic E-state index is 0.00410. The Morgan fingerprint density at radius 1 is 0.812 bits per heavy atom. The Hall–Kier alpha value is -0.520. The lowest BCUT2D eigenvalue weighted by Crippen LogP contribution is -2.59. The third-order valence-electron chi connectivity index (χ3n) is 12.0. The first-order valence-corrected chi connectivity index (χ1v) is 13.9. The highest BCUT2D eigenvalue weighted by molar-refractivity contribution is 5.14. The molecule has 5 nitrogen and oxygen atoms in total. The van der Waals surface area contributed by atoms with Crippen molar-refractivity contribution in [3.05, 3.63) is 4.91 Å². The summed E-state index contributed by atoms with van der Waals surface area (Å²) >= 11 is 0. The van der Waals surface area contributed by atoms with Crippen LogP contribution in [-0.4, -0.2) is 65.3 Å². The topological polar surface area (TPSA) is 56.1 Å². The molecule has 0 aromatic heterocycles. The number of rotatable bonds is 3. The van der Waals surface area contributed by atoms with E-state index in [1.54, 1.807) is 0 Å². The third-order valence-corrected chi connectivity index (χ3v) is 12.0. The van der Waals surface area contributed by atoms with Crippen LogP contribution in [-0.2, 0) is 0 Å². The van der Waals surface area contributed by atoms with Gasteiger partial charge in [0.2, 0.25) is 0 Å². The van der Waals surface area contributed by atoms with Crippen LogP contribution in [0.25, 0.3) is 0 Å². The molecule has 0 bridgehead atoms. The number of likely N-dealkylation sites (tertiary alicyclic amines) is 2. The Labute approximate surface area is 194 Å². The minimum atomic E-state index is -0.149. The predicted molar refractivity (Wildman–Crippen MR) is 127 cm³/mol. The van der Waals surface area contributed by atoms with Gasteiger partial charge in [-0.25, -0.2) is 0 Å². The zero-order valence-corrected chi connectivity index (χ0v) is 20.4. The molecule has 0 radical (unpaired) electrons. The first kappa shape index (κ1) is 22.0. The second-order valence-corrected chi connectivity index (χ2v) is 13.1. The van der Waals surface area contributed by atoms with Crippen molar-refractivity contribution in [2.45, 2.75) is 109 Å². The summed E-state index contributed by atoms with van der Waals surface area (Å²) in [6.07, 6.45) is 13.5. The number of aliphatic hydroxyl groups excluding tert-OH is 1. The molecular formula is C27H45N3O2. The molecule has 6 aliphatic rings. The van der Waals surface area contributed by atoms with E-state index in [1.165, 1.54) is 77.3 Å². The molecule has 4 saturated carbocycles. The maximum atomic E-state index is 11.9. The van der Waals surface area contributed by atoms with Gasteiger partial charge >= 0.3 is 0 Å². The summed E-state index contributed by atoms with van der Waals surface area (Å²) in [4.78, 5) is 17.1. The second kappa shape index (κ2) is 8.02. The fourth-order valence-corrected chi connectivity index (χ4v) is 10.2. The molecule has 0 aromatic carbocycles. The molecular weight excluding hydrogens is 398 g/mol. The lowest BCUT2D eigenvalue weighted by atomic mass is 9.44. The van der Waals surface area contributed by atoms with E-state index in [0.29, 0.717) is 29.3 Å². The molecule has 4 aliphatic carbocycles. The first-order chi connectivity index (χ1) is 15.5. The largest absolute Gasteiger partial charge is 0.391 e. The Bertz CT molecular complexity index is 720. The Kier molecular flexibility index (Phi) is 5.51. The predicted octanol–water partition coefficient (Wildman–Crippen LogP) is 4.67. The molecule has 5 heteroatoms. The number of aliphatic hydroxyl groups is 1. The highest BCUT2D eigenvalue weighted by atomic mass is 16.3. The van der Waals surface area contributed by atoms with Crippen LogP contribution in [0, 0.1) is 39.4 Å². The van der Waals surface area contributed by atoms with Gasteiger partial charge in [0.15, 0.2) is 0 Å². The Balaban J connectivity index is 1.27. The summed E-state index contributed by atoms with van der Waals surface area (Å²) < 4.78 is 0. The molecule has 6 fully saturated rings. The summed E-state index contributed by atoms with van der Waals surface area (Å²) in [5.41, 5.74) is 0.447. The molecule has 32 heavy (non-hydrogen) atoms. The maximum absolute atomic E-state index is 11.9. The number of nitrogens with zero attached hydrogens (tertiary/aromatic N) is 3. The highest BCUT2D eigenvalue weighted by Gasteiger charge is 2.64. The molecule has 10 atom stereocenters. The molecule has 0 amide bonds. The number of hydrogen-bond donors (Lipinski definition) is 1. The van der Waals surface area contributed by atoms with Crippen molar-refractivity contribution in [3.8, 4) is 0 Å². The second-order valence-electron chi connectivity index (χ2n) is 13.1. The van der Waals surface area contributed by atoms with Gasteiger partial charge in [-0.2, -0.15) is 4.91 Å². The summed E-state index contributed by atoms with van der Waals surface area (Å²) in [6.45, 7) is 9.74. The quantitative estimate of drug-likeness (QED) is 0.644. The number of hydrogen-bond acceptors (Lipinski definition) is 5. The van der Waals surface area contributed by atoms with Crippen LogP contribution in [0.15, 0.2) is 5.18 Å². The highest BCUT2D eigenvalue weighted by Crippen LogP contribution is 2.67. The fourth-order valence-electron chi connectivity index (χ4n) is 10.2. The molecule has 2 aliphatic heterocycles. The lowest BCUT2D eigenvalue weighted by molar-refractivity contribution is -0.134. The molecule has 180 valence electrons. The van der Waals surface area contributed by atoms with Gasteiger partial charge in [0, 0.05) is 12.1 Å². The van der Waals surface area contributed by atoms with Gasteiger partial charge in [-0.1, -0.05) is 19.0 Å². The van der Waals surface area contributed by atoms with E-state index < -0.39 is 0 Å². The maximum Gasteiger partial charge on any atom is 0.108 e. The van der Waals surface area contributed by atoms with E-state index in [4.69, 9.17) is 0 Å². The van der Waals surface area contributed by atoms with E-state index in [2.05, 4.69) is 28.8 Å². The van der Waals surface area contributed by atoms with Crippen molar-refractivity contribution in [2.24, 2.45) is 39.7 Å². The van der Waals surface area contributed by atoms with E-state index in [9.17, 15) is 10.0 Å². The monoisotopic (exact) mass is 443 g/mol. The van der Waals surface area contributed by atoms with Crippen molar-refractivity contribution in [1.29, 1.82) is 0 Å². The van der Waals surface area contributed by atoms with Crippen LogP contribution in [0.1, 0.15) is 84.5 Å². The zero-order chi connectivity index (χ0) is 22.1. The van der Waals surface area contributed by atoms with Crippen molar-refractivity contribution >= 4 is 0 Å². The van der Waals surface area contributed by atoms with Crippen LogP contribution < -0.4 is 0 Å². The van der Waals surface area contributed by atoms with Crippen molar-refractivity contribution in [3.63, 3.8) is 0 Å². The van der Waals surface area contributed by atoms with Crippen molar-refractivity contribution < 1.29 is 5.11 Å². The number of nitroso groups, excluding NO2 is 1. The van der Waals surface area contributed by atoms with E-state index in [-0.39, 0.29) is 17.6 Å². The standard InChI is InChI=1S/C27H45N3O2/c1-26-10-9-20-19(21(26)16-23(25(26)31)29-11-3-4-12-29)8-7-18-15-22(28-32)24(17-27(18,20)2)30-13-5-6-14-30/h18-25,31H,3-17H2,1-2H3/t18?,19?,20?,21?,22-,23-,24-,25-,26-,27-/m0/s1. The fraction of sp³-hybridized carbons (Fsp3) is 1.00. The van der Waals surface area contributed by atoms with Gasteiger partial charge in [0.25, 0.3) is 0 Å². The summed E-state index contributed by atoms with van der Waals surface area (Å²) in [5.74, 6) is 2.86. The van der Waals surface area contributed by atoms with Gasteiger partial charge < -0.3 is 5.11 Å².